The van der Waals surface area contributed by atoms with Crippen molar-refractivity contribution in [2.45, 2.75) is 20.0 Å². The van der Waals surface area contributed by atoms with Gasteiger partial charge < -0.3 is 14.2 Å². The molecule has 0 saturated heterocycles. The number of rotatable bonds is 7. The van der Waals surface area contributed by atoms with Crippen LogP contribution in [0.5, 0.6) is 5.75 Å². The van der Waals surface area contributed by atoms with Gasteiger partial charge in [-0.3, -0.25) is 9.78 Å². The van der Waals surface area contributed by atoms with Crippen LogP contribution in [0.3, 0.4) is 0 Å². The van der Waals surface area contributed by atoms with Crippen LogP contribution in [0.25, 0.3) is 11.0 Å². The molecule has 0 unspecified atom stereocenters. The van der Waals surface area contributed by atoms with Crippen molar-refractivity contribution >= 4 is 16.9 Å². The van der Waals surface area contributed by atoms with Gasteiger partial charge in [-0.2, -0.15) is 0 Å². The van der Waals surface area contributed by atoms with Crippen LogP contribution in [0.1, 0.15) is 21.7 Å². The van der Waals surface area contributed by atoms with Gasteiger partial charge in [-0.25, -0.2) is 4.98 Å². The molecule has 0 atom stereocenters. The summed E-state index contributed by atoms with van der Waals surface area (Å²) in [5.41, 5.74) is 3.66. The van der Waals surface area contributed by atoms with Gasteiger partial charge in [0.1, 0.15) is 18.2 Å². The first-order chi connectivity index (χ1) is 14.6. The molecule has 0 aliphatic heterocycles. The molecule has 0 fully saturated rings. The Morgan fingerprint density at radius 3 is 2.57 bits per heavy atom. The molecule has 0 aliphatic carbocycles. The van der Waals surface area contributed by atoms with E-state index in [4.69, 9.17) is 9.72 Å². The van der Waals surface area contributed by atoms with E-state index in [1.807, 2.05) is 55.5 Å². The number of pyridine rings is 1. The van der Waals surface area contributed by atoms with E-state index in [1.54, 1.807) is 36.5 Å². The Balaban J connectivity index is 1.54. The fourth-order valence-corrected chi connectivity index (χ4v) is 3.46. The van der Waals surface area contributed by atoms with Crippen molar-refractivity contribution in [2.24, 2.45) is 0 Å². The maximum Gasteiger partial charge on any atom is 0.254 e. The predicted octanol–water partition coefficient (Wildman–Crippen LogP) is 4.09. The fourth-order valence-electron chi connectivity index (χ4n) is 3.46. The smallest absolute Gasteiger partial charge is 0.254 e. The van der Waals surface area contributed by atoms with Crippen molar-refractivity contribution in [3.63, 3.8) is 0 Å². The summed E-state index contributed by atoms with van der Waals surface area (Å²) in [6.07, 6.45) is 3.25. The lowest BCUT2D eigenvalue weighted by Crippen LogP contribution is -2.28. The third kappa shape index (κ3) is 4.17. The number of carbonyl (C=O) groups is 1. The first-order valence-electron chi connectivity index (χ1n) is 9.91. The van der Waals surface area contributed by atoms with E-state index < -0.39 is 0 Å². The van der Waals surface area contributed by atoms with Gasteiger partial charge in [-0.15, -0.1) is 0 Å². The largest absolute Gasteiger partial charge is 0.491 e. The van der Waals surface area contributed by atoms with Gasteiger partial charge in [-0.05, 0) is 42.8 Å². The average Bonchev–Trinajstić information content (AvgIpc) is 3.12. The van der Waals surface area contributed by atoms with Gasteiger partial charge in [0, 0.05) is 25.0 Å². The van der Waals surface area contributed by atoms with Gasteiger partial charge in [0.15, 0.2) is 0 Å². The van der Waals surface area contributed by atoms with Crippen molar-refractivity contribution in [1.29, 1.82) is 0 Å². The Bertz CT molecular complexity index is 1150. The zero-order chi connectivity index (χ0) is 20.9. The quantitative estimate of drug-likeness (QED) is 0.469. The molecule has 1 amide bonds. The van der Waals surface area contributed by atoms with Gasteiger partial charge in [0.25, 0.3) is 5.91 Å². The highest BCUT2D eigenvalue weighted by molar-refractivity contribution is 5.93. The van der Waals surface area contributed by atoms with Crippen LogP contribution < -0.4 is 4.74 Å². The molecule has 2 aromatic heterocycles. The Morgan fingerprint density at radius 1 is 1.03 bits per heavy atom. The van der Waals surface area contributed by atoms with Crippen LogP contribution in [0.2, 0.25) is 0 Å². The minimum absolute atomic E-state index is 0.0628. The maximum absolute atomic E-state index is 12.7. The lowest BCUT2D eigenvalue weighted by atomic mass is 10.2. The minimum atomic E-state index is -0.0628. The van der Waals surface area contributed by atoms with Gasteiger partial charge in [-0.1, -0.05) is 30.3 Å². The Labute approximate surface area is 175 Å². The highest BCUT2D eigenvalue weighted by Crippen LogP contribution is 2.19. The summed E-state index contributed by atoms with van der Waals surface area (Å²) >= 11 is 0. The number of aryl methyl sites for hydroxylation is 1. The van der Waals surface area contributed by atoms with Crippen molar-refractivity contribution in [1.82, 2.24) is 19.4 Å². The number of nitrogens with zero attached hydrogens (tertiary/aromatic N) is 4. The van der Waals surface area contributed by atoms with Crippen molar-refractivity contribution < 1.29 is 9.53 Å². The number of hydrogen-bond donors (Lipinski definition) is 0. The molecule has 4 aromatic rings. The molecule has 4 rings (SSSR count). The second kappa shape index (κ2) is 8.78. The Kier molecular flexibility index (Phi) is 5.75. The van der Waals surface area contributed by atoms with Gasteiger partial charge in [0.2, 0.25) is 0 Å². The van der Waals surface area contributed by atoms with Crippen LogP contribution in [-0.4, -0.2) is 39.0 Å². The number of hydrogen-bond acceptors (Lipinski definition) is 4. The van der Waals surface area contributed by atoms with E-state index in [2.05, 4.69) is 9.55 Å². The number of carbonyl (C=O) groups excluding carboxylic acids is 1. The fraction of sp³-hybridized carbons (Fsp3) is 0.208. The summed E-state index contributed by atoms with van der Waals surface area (Å²) < 4.78 is 8.13. The van der Waals surface area contributed by atoms with Crippen LogP contribution in [0.4, 0.5) is 0 Å². The average molecular weight is 400 g/mol. The number of amides is 1. The second-order valence-electron chi connectivity index (χ2n) is 7.18. The summed E-state index contributed by atoms with van der Waals surface area (Å²) in [6.45, 7) is 3.59. The molecule has 0 aliphatic rings. The normalized spacial score (nSPS) is 10.9. The lowest BCUT2D eigenvalue weighted by molar-refractivity contribution is 0.0780. The standard InChI is InChI=1S/C24H24N4O2/c1-18-7-3-6-10-22(18)30-16-15-28-21-9-5-4-8-20(21)26-23(28)17-27(2)24(29)19-11-13-25-14-12-19/h3-14H,15-17H2,1-2H3. The van der Waals surface area contributed by atoms with Crippen molar-refractivity contribution in [3.8, 4) is 5.75 Å². The molecule has 0 saturated carbocycles. The summed E-state index contributed by atoms with van der Waals surface area (Å²) in [7, 11) is 1.79. The number of aromatic nitrogens is 3. The van der Waals surface area contributed by atoms with Crippen molar-refractivity contribution in [2.75, 3.05) is 13.7 Å². The molecule has 0 radical (unpaired) electrons. The van der Waals surface area contributed by atoms with Gasteiger partial charge in [0.05, 0.1) is 24.1 Å². The molecule has 6 nitrogen and oxygen atoms in total. The molecule has 0 bridgehead atoms. The summed E-state index contributed by atoms with van der Waals surface area (Å²) in [6, 6.07) is 19.4. The number of fused-ring (bicyclic) bond motifs is 1. The SMILES string of the molecule is Cc1ccccc1OCCn1c(CN(C)C(=O)c2ccncc2)nc2ccccc21. The van der Waals surface area contributed by atoms with Crippen LogP contribution in [0.15, 0.2) is 73.1 Å². The second-order valence-corrected chi connectivity index (χ2v) is 7.18. The third-order valence-electron chi connectivity index (χ3n) is 5.05. The van der Waals surface area contributed by atoms with Gasteiger partial charge >= 0.3 is 0 Å². The first-order valence-corrected chi connectivity index (χ1v) is 9.91. The summed E-state index contributed by atoms with van der Waals surface area (Å²) in [4.78, 5) is 23.2. The molecular weight excluding hydrogens is 376 g/mol. The number of benzene rings is 2. The molecule has 30 heavy (non-hydrogen) atoms. The third-order valence-corrected chi connectivity index (χ3v) is 5.05. The summed E-state index contributed by atoms with van der Waals surface area (Å²) in [5.74, 6) is 1.65. The number of ether oxygens (including phenoxy) is 1. The Hall–Kier alpha value is -3.67. The first kappa shape index (κ1) is 19.6. The number of imidazole rings is 1. The number of para-hydroxylation sites is 3. The van der Waals surface area contributed by atoms with E-state index in [9.17, 15) is 4.79 Å². The highest BCUT2D eigenvalue weighted by Gasteiger charge is 2.17. The van der Waals surface area contributed by atoms with Crippen LogP contribution in [0, 0.1) is 6.92 Å². The minimum Gasteiger partial charge on any atom is -0.491 e. The van der Waals surface area contributed by atoms with E-state index in [-0.39, 0.29) is 5.91 Å². The monoisotopic (exact) mass is 400 g/mol. The van der Waals surface area contributed by atoms with E-state index in [0.717, 1.165) is 28.2 Å². The zero-order valence-electron chi connectivity index (χ0n) is 17.2. The molecule has 0 spiro atoms. The summed E-state index contributed by atoms with van der Waals surface area (Å²) in [5, 5.41) is 0. The van der Waals surface area contributed by atoms with Crippen molar-refractivity contribution in [3.05, 3.63) is 90.0 Å². The van der Waals surface area contributed by atoms with E-state index in [0.29, 0.717) is 25.3 Å². The topological polar surface area (TPSA) is 60.2 Å². The lowest BCUT2D eigenvalue weighted by Gasteiger charge is -2.18. The van der Waals surface area contributed by atoms with Crippen LogP contribution >= 0.6 is 0 Å². The van der Waals surface area contributed by atoms with Crippen LogP contribution in [-0.2, 0) is 13.1 Å². The van der Waals surface area contributed by atoms with E-state index in [1.165, 1.54) is 0 Å². The van der Waals surface area contributed by atoms with E-state index >= 15 is 0 Å². The molecule has 0 N–H and O–H groups in total. The molecule has 6 heteroatoms. The molecule has 2 aromatic carbocycles. The zero-order valence-corrected chi connectivity index (χ0v) is 17.2. The predicted molar refractivity (Wildman–Crippen MR) is 116 cm³/mol. The molecule has 2 heterocycles. The highest BCUT2D eigenvalue weighted by atomic mass is 16.5. The molecular formula is C24H24N4O2. The Morgan fingerprint density at radius 2 is 1.77 bits per heavy atom. The maximum atomic E-state index is 12.7. The molecule has 152 valence electrons.